The number of aryl methyl sites for hydroxylation is 2. The van der Waals surface area contributed by atoms with E-state index in [1.807, 2.05) is 0 Å². The predicted octanol–water partition coefficient (Wildman–Crippen LogP) is 2.52. The van der Waals surface area contributed by atoms with Gasteiger partial charge in [0.25, 0.3) is 0 Å². The van der Waals surface area contributed by atoms with Gasteiger partial charge in [0, 0.05) is 12.1 Å². The van der Waals surface area contributed by atoms with E-state index in [1.54, 1.807) is 0 Å². The molecule has 1 fully saturated rings. The molecule has 0 saturated carbocycles. The van der Waals surface area contributed by atoms with E-state index >= 15 is 0 Å². The first kappa shape index (κ1) is 17.0. The lowest BCUT2D eigenvalue weighted by molar-refractivity contribution is -0.121. The fourth-order valence-corrected chi connectivity index (χ4v) is 2.71. The van der Waals surface area contributed by atoms with Gasteiger partial charge in [-0.05, 0) is 51.3 Å². The first-order valence-corrected chi connectivity index (χ1v) is 7.13. The van der Waals surface area contributed by atoms with E-state index in [0.29, 0.717) is 18.5 Å². The molecule has 0 aliphatic carbocycles. The highest BCUT2D eigenvalue weighted by Crippen LogP contribution is 2.12. The molecule has 1 amide bonds. The van der Waals surface area contributed by atoms with Crippen molar-refractivity contribution in [1.29, 1.82) is 0 Å². The third kappa shape index (κ3) is 4.80. The van der Waals surface area contributed by atoms with Crippen LogP contribution in [0.3, 0.4) is 0 Å². The number of carbonyl (C=O) groups is 1. The number of rotatable bonds is 3. The first-order valence-electron chi connectivity index (χ1n) is 7.13. The predicted molar refractivity (Wildman–Crippen MR) is 85.5 cm³/mol. The molecule has 4 heteroatoms. The minimum atomic E-state index is 0. The minimum absolute atomic E-state index is 0. The van der Waals surface area contributed by atoms with Crippen LogP contribution in [0.15, 0.2) is 18.2 Å². The van der Waals surface area contributed by atoms with Gasteiger partial charge in [0.2, 0.25) is 5.91 Å². The zero-order valence-corrected chi connectivity index (χ0v) is 13.3. The molecule has 20 heavy (non-hydrogen) atoms. The van der Waals surface area contributed by atoms with Crippen LogP contribution in [0.5, 0.6) is 0 Å². The molecule has 1 aliphatic rings. The fourth-order valence-electron chi connectivity index (χ4n) is 2.71. The number of halogens is 1. The van der Waals surface area contributed by atoms with Crippen molar-refractivity contribution in [2.24, 2.45) is 0 Å². The molecule has 112 valence electrons. The van der Waals surface area contributed by atoms with Gasteiger partial charge in [-0.2, -0.15) is 0 Å². The lowest BCUT2D eigenvalue weighted by Crippen LogP contribution is -2.47. The lowest BCUT2D eigenvalue weighted by Gasteiger charge is -2.28. The number of amides is 1. The van der Waals surface area contributed by atoms with Crippen LogP contribution in [0.1, 0.15) is 36.5 Å². The van der Waals surface area contributed by atoms with Crippen molar-refractivity contribution in [2.45, 2.75) is 52.1 Å². The highest BCUT2D eigenvalue weighted by molar-refractivity contribution is 5.85. The van der Waals surface area contributed by atoms with Gasteiger partial charge < -0.3 is 10.6 Å². The number of hydrogen-bond donors (Lipinski definition) is 2. The average Bonchev–Trinajstić information content (AvgIpc) is 2.34. The second-order valence-electron chi connectivity index (χ2n) is 5.75. The Kier molecular flexibility index (Phi) is 6.50. The Balaban J connectivity index is 0.00000200. The largest absolute Gasteiger partial charge is 0.353 e. The second kappa shape index (κ2) is 7.65. The smallest absolute Gasteiger partial charge is 0.224 e. The van der Waals surface area contributed by atoms with Gasteiger partial charge in [0.1, 0.15) is 0 Å². The Morgan fingerprint density at radius 3 is 2.85 bits per heavy atom. The van der Waals surface area contributed by atoms with Gasteiger partial charge >= 0.3 is 0 Å². The van der Waals surface area contributed by atoms with Crippen molar-refractivity contribution in [3.05, 3.63) is 34.9 Å². The van der Waals surface area contributed by atoms with E-state index in [-0.39, 0.29) is 18.3 Å². The van der Waals surface area contributed by atoms with Gasteiger partial charge in [0.05, 0.1) is 6.42 Å². The molecular formula is C16H25ClN2O. The summed E-state index contributed by atoms with van der Waals surface area (Å²) in [6.45, 7) is 7.29. The number of nitrogens with one attached hydrogen (secondary N) is 2. The summed E-state index contributed by atoms with van der Waals surface area (Å²) in [5.41, 5.74) is 3.54. The zero-order valence-electron chi connectivity index (χ0n) is 12.5. The summed E-state index contributed by atoms with van der Waals surface area (Å²) in [7, 11) is 0. The molecule has 2 unspecified atom stereocenters. The van der Waals surface area contributed by atoms with Gasteiger partial charge in [-0.15, -0.1) is 12.4 Å². The number of piperidine rings is 1. The molecule has 2 atom stereocenters. The molecule has 3 nitrogen and oxygen atoms in total. The van der Waals surface area contributed by atoms with Gasteiger partial charge in [-0.25, -0.2) is 0 Å². The minimum Gasteiger partial charge on any atom is -0.353 e. The summed E-state index contributed by atoms with van der Waals surface area (Å²) in [5, 5.41) is 6.57. The molecule has 0 bridgehead atoms. The third-order valence-corrected chi connectivity index (χ3v) is 3.84. The number of hydrogen-bond acceptors (Lipinski definition) is 2. The second-order valence-corrected chi connectivity index (χ2v) is 5.75. The molecule has 0 radical (unpaired) electrons. The van der Waals surface area contributed by atoms with Crippen LogP contribution in [-0.2, 0) is 11.2 Å². The van der Waals surface area contributed by atoms with Crippen molar-refractivity contribution in [2.75, 3.05) is 6.54 Å². The van der Waals surface area contributed by atoms with E-state index in [9.17, 15) is 4.79 Å². The monoisotopic (exact) mass is 296 g/mol. The van der Waals surface area contributed by atoms with Crippen molar-refractivity contribution >= 4 is 18.3 Å². The van der Waals surface area contributed by atoms with Crippen LogP contribution in [0, 0.1) is 13.8 Å². The molecular weight excluding hydrogens is 272 g/mol. The summed E-state index contributed by atoms with van der Waals surface area (Å²) >= 11 is 0. The summed E-state index contributed by atoms with van der Waals surface area (Å²) < 4.78 is 0. The van der Waals surface area contributed by atoms with Crippen LogP contribution >= 0.6 is 12.4 Å². The Bertz CT molecular complexity index is 462. The Morgan fingerprint density at radius 2 is 2.15 bits per heavy atom. The van der Waals surface area contributed by atoms with E-state index in [2.05, 4.69) is 49.6 Å². The number of carbonyl (C=O) groups excluding carboxylic acids is 1. The van der Waals surface area contributed by atoms with Gasteiger partial charge in [-0.1, -0.05) is 23.8 Å². The maximum Gasteiger partial charge on any atom is 0.224 e. The Morgan fingerprint density at radius 1 is 1.40 bits per heavy atom. The normalized spacial score (nSPS) is 21.9. The maximum atomic E-state index is 12.1. The summed E-state index contributed by atoms with van der Waals surface area (Å²) in [4.78, 5) is 12.1. The molecule has 0 aromatic heterocycles. The Labute approximate surface area is 127 Å². The van der Waals surface area contributed by atoms with Crippen LogP contribution in [0.4, 0.5) is 0 Å². The van der Waals surface area contributed by atoms with E-state index < -0.39 is 0 Å². The molecule has 1 saturated heterocycles. The van der Waals surface area contributed by atoms with Crippen LogP contribution in [0.25, 0.3) is 0 Å². The molecule has 1 heterocycles. The SMILES string of the molecule is Cc1ccc(C)c(CC(=O)NC2CCNC(C)C2)c1.Cl. The number of benzene rings is 1. The average molecular weight is 297 g/mol. The van der Waals surface area contributed by atoms with Crippen molar-refractivity contribution in [3.8, 4) is 0 Å². The molecule has 2 N–H and O–H groups in total. The molecule has 1 aromatic rings. The van der Waals surface area contributed by atoms with E-state index in [4.69, 9.17) is 0 Å². The topological polar surface area (TPSA) is 41.1 Å². The third-order valence-electron chi connectivity index (χ3n) is 3.84. The van der Waals surface area contributed by atoms with Crippen molar-refractivity contribution in [3.63, 3.8) is 0 Å². The van der Waals surface area contributed by atoms with Gasteiger partial charge in [0.15, 0.2) is 0 Å². The highest BCUT2D eigenvalue weighted by atomic mass is 35.5. The van der Waals surface area contributed by atoms with Crippen molar-refractivity contribution < 1.29 is 4.79 Å². The fraction of sp³-hybridized carbons (Fsp3) is 0.562. The van der Waals surface area contributed by atoms with Crippen LogP contribution in [0.2, 0.25) is 0 Å². The standard InChI is InChI=1S/C16H24N2O.ClH/c1-11-4-5-12(2)14(8-11)10-16(19)18-15-6-7-17-13(3)9-15;/h4-5,8,13,15,17H,6-7,9-10H2,1-3H3,(H,18,19);1H. The Hall–Kier alpha value is -1.06. The van der Waals surface area contributed by atoms with Gasteiger partial charge in [-0.3, -0.25) is 4.79 Å². The van der Waals surface area contributed by atoms with E-state index in [0.717, 1.165) is 24.9 Å². The quantitative estimate of drug-likeness (QED) is 0.900. The maximum absolute atomic E-state index is 12.1. The van der Waals surface area contributed by atoms with E-state index in [1.165, 1.54) is 11.1 Å². The zero-order chi connectivity index (χ0) is 13.8. The summed E-state index contributed by atoms with van der Waals surface area (Å²) in [6, 6.07) is 7.11. The first-order chi connectivity index (χ1) is 9.04. The molecule has 2 rings (SSSR count). The van der Waals surface area contributed by atoms with Crippen LogP contribution < -0.4 is 10.6 Å². The summed E-state index contributed by atoms with van der Waals surface area (Å²) in [6.07, 6.45) is 2.55. The lowest BCUT2D eigenvalue weighted by atomic mass is 9.99. The van der Waals surface area contributed by atoms with Crippen LogP contribution in [-0.4, -0.2) is 24.5 Å². The molecule has 0 spiro atoms. The van der Waals surface area contributed by atoms with Crippen molar-refractivity contribution in [1.82, 2.24) is 10.6 Å². The summed E-state index contributed by atoms with van der Waals surface area (Å²) in [5.74, 6) is 0.146. The highest BCUT2D eigenvalue weighted by Gasteiger charge is 2.20. The molecule has 1 aromatic carbocycles. The molecule has 1 aliphatic heterocycles.